The molecule has 4 rings (SSSR count). The van der Waals surface area contributed by atoms with Crippen LogP contribution in [0.3, 0.4) is 0 Å². The van der Waals surface area contributed by atoms with Crippen molar-refractivity contribution in [2.24, 2.45) is 0 Å². The van der Waals surface area contributed by atoms with Crippen LogP contribution in [0.5, 0.6) is 0 Å². The van der Waals surface area contributed by atoms with Crippen LogP contribution in [0.25, 0.3) is 0 Å². The second-order valence-electron chi connectivity index (χ2n) is 7.69. The van der Waals surface area contributed by atoms with Crippen LogP contribution in [-0.4, -0.2) is 25.7 Å². The minimum absolute atomic E-state index is 0.0385. The van der Waals surface area contributed by atoms with E-state index in [0.717, 1.165) is 37.2 Å². The molecule has 27 heavy (non-hydrogen) atoms. The van der Waals surface area contributed by atoms with E-state index in [1.807, 2.05) is 24.3 Å². The zero-order chi connectivity index (χ0) is 18.7. The molecule has 0 aromatic heterocycles. The average molecular weight is 367 g/mol. The number of urea groups is 1. The van der Waals surface area contributed by atoms with E-state index in [1.165, 1.54) is 37.1 Å². The Bertz CT molecular complexity index is 778. The Labute approximate surface area is 159 Å². The minimum Gasteiger partial charge on any atom is -0.372 e. The quantitative estimate of drug-likeness (QED) is 0.807. The van der Waals surface area contributed by atoms with Gasteiger partial charge in [0.15, 0.2) is 0 Å². The van der Waals surface area contributed by atoms with Crippen molar-refractivity contribution in [2.75, 3.05) is 29.9 Å². The van der Waals surface area contributed by atoms with E-state index in [-0.39, 0.29) is 17.3 Å². The van der Waals surface area contributed by atoms with Gasteiger partial charge in [0.2, 0.25) is 0 Å². The summed E-state index contributed by atoms with van der Waals surface area (Å²) in [6, 6.07) is 14.5. The summed E-state index contributed by atoms with van der Waals surface area (Å²) in [7, 11) is 0. The molecular weight excluding hydrogens is 341 g/mol. The first kappa shape index (κ1) is 17.8. The minimum atomic E-state index is -0.228. The third kappa shape index (κ3) is 4.24. The van der Waals surface area contributed by atoms with Crippen LogP contribution in [0.4, 0.5) is 20.6 Å². The lowest BCUT2D eigenvalue weighted by Gasteiger charge is -2.28. The van der Waals surface area contributed by atoms with Crippen molar-refractivity contribution in [2.45, 2.75) is 37.5 Å². The second kappa shape index (κ2) is 7.59. The van der Waals surface area contributed by atoms with Gasteiger partial charge in [0.05, 0.1) is 0 Å². The molecule has 4 nitrogen and oxygen atoms in total. The van der Waals surface area contributed by atoms with E-state index in [4.69, 9.17) is 0 Å². The van der Waals surface area contributed by atoms with Crippen LogP contribution < -0.4 is 15.5 Å². The van der Waals surface area contributed by atoms with Gasteiger partial charge in [-0.15, -0.1) is 0 Å². The average Bonchev–Trinajstić information content (AvgIpc) is 3.49. The van der Waals surface area contributed by atoms with Gasteiger partial charge >= 0.3 is 6.03 Å². The summed E-state index contributed by atoms with van der Waals surface area (Å²) in [4.78, 5) is 14.7. The predicted molar refractivity (Wildman–Crippen MR) is 107 cm³/mol. The monoisotopic (exact) mass is 367 g/mol. The maximum atomic E-state index is 13.1. The van der Waals surface area contributed by atoms with Crippen molar-refractivity contribution in [1.82, 2.24) is 5.32 Å². The molecule has 1 saturated heterocycles. The van der Waals surface area contributed by atoms with Gasteiger partial charge in [0.1, 0.15) is 5.82 Å². The van der Waals surface area contributed by atoms with Crippen LogP contribution >= 0.6 is 0 Å². The maximum absolute atomic E-state index is 13.1. The predicted octanol–water partition coefficient (Wildman–Crippen LogP) is 4.67. The summed E-state index contributed by atoms with van der Waals surface area (Å²) in [5.41, 5.74) is 3.06. The summed E-state index contributed by atoms with van der Waals surface area (Å²) < 4.78 is 13.1. The van der Waals surface area contributed by atoms with E-state index in [2.05, 4.69) is 27.7 Å². The molecule has 0 atom stereocenters. The first-order valence-corrected chi connectivity index (χ1v) is 9.81. The standard InChI is InChI=1S/C22H26FN3O/c23-18-6-4-17(5-7-18)22(12-13-22)16-24-21(27)25-19-8-10-20(11-9-19)26-14-2-1-3-15-26/h4-11H,1-3,12-16H2,(H2,24,25,27). The van der Waals surface area contributed by atoms with Gasteiger partial charge in [-0.2, -0.15) is 0 Å². The lowest BCUT2D eigenvalue weighted by atomic mass is 9.96. The summed E-state index contributed by atoms with van der Waals surface area (Å²) >= 11 is 0. The van der Waals surface area contributed by atoms with E-state index in [0.29, 0.717) is 6.54 Å². The number of rotatable bonds is 5. The number of hydrogen-bond donors (Lipinski definition) is 2. The highest BCUT2D eigenvalue weighted by molar-refractivity contribution is 5.89. The lowest BCUT2D eigenvalue weighted by Crippen LogP contribution is -2.35. The van der Waals surface area contributed by atoms with E-state index in [9.17, 15) is 9.18 Å². The number of nitrogens with zero attached hydrogens (tertiary/aromatic N) is 1. The number of hydrogen-bond acceptors (Lipinski definition) is 2. The fourth-order valence-corrected chi connectivity index (χ4v) is 3.85. The number of benzene rings is 2. The highest BCUT2D eigenvalue weighted by Gasteiger charge is 2.44. The number of carbonyl (C=O) groups excluding carboxylic acids is 1. The fraction of sp³-hybridized carbons (Fsp3) is 0.409. The third-order valence-electron chi connectivity index (χ3n) is 5.74. The number of nitrogens with one attached hydrogen (secondary N) is 2. The molecule has 5 heteroatoms. The van der Waals surface area contributed by atoms with Crippen LogP contribution in [-0.2, 0) is 5.41 Å². The second-order valence-corrected chi connectivity index (χ2v) is 7.69. The molecule has 2 amide bonds. The molecular formula is C22H26FN3O. The smallest absolute Gasteiger partial charge is 0.319 e. The van der Waals surface area contributed by atoms with Crippen molar-refractivity contribution < 1.29 is 9.18 Å². The number of halogens is 1. The molecule has 1 saturated carbocycles. The van der Waals surface area contributed by atoms with Gasteiger partial charge in [0, 0.05) is 36.4 Å². The highest BCUT2D eigenvalue weighted by atomic mass is 19.1. The van der Waals surface area contributed by atoms with Crippen LogP contribution in [0.15, 0.2) is 48.5 Å². The summed E-state index contributed by atoms with van der Waals surface area (Å²) in [5.74, 6) is -0.228. The first-order valence-electron chi connectivity index (χ1n) is 9.81. The molecule has 2 aromatic rings. The molecule has 1 heterocycles. The highest BCUT2D eigenvalue weighted by Crippen LogP contribution is 2.47. The normalized spacial score (nSPS) is 18.0. The zero-order valence-electron chi connectivity index (χ0n) is 15.5. The Morgan fingerprint density at radius 2 is 1.63 bits per heavy atom. The van der Waals surface area contributed by atoms with Gasteiger partial charge in [0.25, 0.3) is 0 Å². The van der Waals surface area contributed by atoms with Crippen LogP contribution in [0, 0.1) is 5.82 Å². The Kier molecular flexibility index (Phi) is 5.01. The Morgan fingerprint density at radius 3 is 2.26 bits per heavy atom. The molecule has 1 aliphatic carbocycles. The third-order valence-corrected chi connectivity index (χ3v) is 5.74. The molecule has 0 bridgehead atoms. The van der Waals surface area contributed by atoms with Gasteiger partial charge in [-0.25, -0.2) is 9.18 Å². The van der Waals surface area contributed by atoms with Crippen molar-refractivity contribution in [3.05, 3.63) is 59.9 Å². The summed E-state index contributed by atoms with van der Waals surface area (Å²) in [6.45, 7) is 2.79. The van der Waals surface area contributed by atoms with Gasteiger partial charge in [-0.1, -0.05) is 12.1 Å². The van der Waals surface area contributed by atoms with Gasteiger partial charge < -0.3 is 15.5 Å². The molecule has 2 N–H and O–H groups in total. The Morgan fingerprint density at radius 1 is 0.963 bits per heavy atom. The Balaban J connectivity index is 1.30. The maximum Gasteiger partial charge on any atom is 0.319 e. The topological polar surface area (TPSA) is 44.4 Å². The molecule has 0 spiro atoms. The van der Waals surface area contributed by atoms with E-state index >= 15 is 0 Å². The lowest BCUT2D eigenvalue weighted by molar-refractivity contribution is 0.251. The molecule has 142 valence electrons. The van der Waals surface area contributed by atoms with Crippen molar-refractivity contribution >= 4 is 17.4 Å². The van der Waals surface area contributed by atoms with Crippen molar-refractivity contribution in [3.63, 3.8) is 0 Å². The van der Waals surface area contributed by atoms with Crippen LogP contribution in [0.1, 0.15) is 37.7 Å². The van der Waals surface area contributed by atoms with E-state index in [1.54, 1.807) is 0 Å². The van der Waals surface area contributed by atoms with Crippen LogP contribution in [0.2, 0.25) is 0 Å². The number of amides is 2. The number of carbonyl (C=O) groups is 1. The molecule has 0 unspecified atom stereocenters. The number of anilines is 2. The molecule has 2 fully saturated rings. The first-order chi connectivity index (χ1) is 13.1. The van der Waals surface area contributed by atoms with Gasteiger partial charge in [-0.3, -0.25) is 0 Å². The SMILES string of the molecule is O=C(NCC1(c2ccc(F)cc2)CC1)Nc1ccc(N2CCCCC2)cc1. The summed E-state index contributed by atoms with van der Waals surface area (Å²) in [6.07, 6.45) is 5.85. The fourth-order valence-electron chi connectivity index (χ4n) is 3.85. The Hall–Kier alpha value is -2.56. The molecule has 0 radical (unpaired) electrons. The molecule has 2 aromatic carbocycles. The largest absolute Gasteiger partial charge is 0.372 e. The molecule has 2 aliphatic rings. The van der Waals surface area contributed by atoms with E-state index < -0.39 is 0 Å². The zero-order valence-corrected chi connectivity index (χ0v) is 15.5. The number of piperidine rings is 1. The van der Waals surface area contributed by atoms with Gasteiger partial charge in [-0.05, 0) is 74.1 Å². The van der Waals surface area contributed by atoms with Crippen molar-refractivity contribution in [1.29, 1.82) is 0 Å². The summed E-state index contributed by atoms with van der Waals surface area (Å²) in [5, 5.41) is 5.88. The van der Waals surface area contributed by atoms with Crippen molar-refractivity contribution in [3.8, 4) is 0 Å². The molecule has 1 aliphatic heterocycles.